The summed E-state index contributed by atoms with van der Waals surface area (Å²) in [5, 5.41) is 13.4. The molecule has 0 aliphatic heterocycles. The van der Waals surface area contributed by atoms with Gasteiger partial charge in [0, 0.05) is 49.6 Å². The van der Waals surface area contributed by atoms with Gasteiger partial charge in [0.05, 0.1) is 17.6 Å². The van der Waals surface area contributed by atoms with Gasteiger partial charge in [-0.3, -0.25) is 14.6 Å². The zero-order valence-electron chi connectivity index (χ0n) is 21.0. The Labute approximate surface area is 216 Å². The van der Waals surface area contributed by atoms with Gasteiger partial charge in [-0.15, -0.1) is 0 Å². The summed E-state index contributed by atoms with van der Waals surface area (Å²) in [6, 6.07) is 21.4. The molecule has 2 amide bonds. The first-order chi connectivity index (χ1) is 18.0. The molecule has 0 saturated carbocycles. The Morgan fingerprint density at radius 1 is 0.730 bits per heavy atom. The average molecular weight is 498 g/mol. The van der Waals surface area contributed by atoms with E-state index in [2.05, 4.69) is 26.3 Å². The van der Waals surface area contributed by atoms with Crippen LogP contribution in [0.3, 0.4) is 0 Å². The SMILES string of the molecule is CC(=O)NCCNc1nc(-c2ccccc2)nc(NCCNC(=O)Cc2ccc3ccccc3n2)c1C. The molecular weight excluding hydrogens is 466 g/mol. The number of hydrogen-bond acceptors (Lipinski definition) is 7. The van der Waals surface area contributed by atoms with E-state index in [4.69, 9.17) is 9.97 Å². The standard InChI is InChI=1S/C28H31N7O2/c1-19-26(31-16-14-29-20(2)36)34-28(22-9-4-3-5-10-22)35-27(19)32-17-15-30-25(37)18-23-13-12-21-8-6-7-11-24(21)33-23/h3-13H,14-18H2,1-2H3,(H,29,36)(H,30,37)(H2,31,32,34,35). The molecule has 0 spiro atoms. The maximum Gasteiger partial charge on any atom is 0.226 e. The highest BCUT2D eigenvalue weighted by Crippen LogP contribution is 2.25. The molecule has 9 nitrogen and oxygen atoms in total. The molecule has 0 unspecified atom stereocenters. The van der Waals surface area contributed by atoms with Gasteiger partial charge in [-0.25, -0.2) is 9.97 Å². The molecule has 0 aliphatic rings. The maximum absolute atomic E-state index is 12.5. The van der Waals surface area contributed by atoms with Crippen molar-refractivity contribution in [3.8, 4) is 11.4 Å². The quantitative estimate of drug-likeness (QED) is 0.235. The number of nitrogens with one attached hydrogen (secondary N) is 4. The number of anilines is 2. The molecule has 2 aromatic carbocycles. The molecular formula is C28H31N7O2. The summed E-state index contributed by atoms with van der Waals surface area (Å²) in [6.07, 6.45) is 0.220. The van der Waals surface area contributed by atoms with Crippen LogP contribution in [0.1, 0.15) is 18.2 Å². The Bertz CT molecular complexity index is 1380. The molecule has 4 N–H and O–H groups in total. The molecule has 0 fully saturated rings. The van der Waals surface area contributed by atoms with Crippen molar-refractivity contribution in [2.75, 3.05) is 36.8 Å². The van der Waals surface area contributed by atoms with Gasteiger partial charge in [-0.05, 0) is 19.1 Å². The molecule has 0 aliphatic carbocycles. The van der Waals surface area contributed by atoms with E-state index in [1.165, 1.54) is 6.92 Å². The van der Waals surface area contributed by atoms with E-state index in [1.54, 1.807) is 0 Å². The number of para-hydroxylation sites is 1. The van der Waals surface area contributed by atoms with Crippen LogP contribution in [-0.2, 0) is 16.0 Å². The third-order valence-electron chi connectivity index (χ3n) is 5.71. The van der Waals surface area contributed by atoms with E-state index in [0.29, 0.717) is 43.6 Å². The zero-order chi connectivity index (χ0) is 26.0. The number of carbonyl (C=O) groups is 2. The fourth-order valence-corrected chi connectivity index (χ4v) is 3.81. The summed E-state index contributed by atoms with van der Waals surface area (Å²) in [5.41, 5.74) is 3.36. The number of rotatable bonds is 11. The van der Waals surface area contributed by atoms with Crippen LogP contribution in [0, 0.1) is 6.92 Å². The largest absolute Gasteiger partial charge is 0.368 e. The predicted octanol–water partition coefficient (Wildman–Crippen LogP) is 3.32. The van der Waals surface area contributed by atoms with Crippen molar-refractivity contribution in [2.24, 2.45) is 0 Å². The molecule has 0 saturated heterocycles. The monoisotopic (exact) mass is 497 g/mol. The van der Waals surface area contributed by atoms with Crippen molar-refractivity contribution < 1.29 is 9.59 Å². The highest BCUT2D eigenvalue weighted by Gasteiger charge is 2.12. The lowest BCUT2D eigenvalue weighted by Crippen LogP contribution is -2.30. The number of hydrogen-bond donors (Lipinski definition) is 4. The lowest BCUT2D eigenvalue weighted by atomic mass is 10.2. The van der Waals surface area contributed by atoms with E-state index in [9.17, 15) is 9.59 Å². The Hall–Kier alpha value is -4.53. The second-order valence-electron chi connectivity index (χ2n) is 8.59. The van der Waals surface area contributed by atoms with E-state index < -0.39 is 0 Å². The Kier molecular flexibility index (Phi) is 8.59. The van der Waals surface area contributed by atoms with Gasteiger partial charge in [0.25, 0.3) is 0 Å². The maximum atomic E-state index is 12.5. The number of fused-ring (bicyclic) bond motifs is 1. The van der Waals surface area contributed by atoms with Crippen molar-refractivity contribution in [2.45, 2.75) is 20.3 Å². The molecule has 9 heteroatoms. The third kappa shape index (κ3) is 7.23. The van der Waals surface area contributed by atoms with Crippen LogP contribution in [-0.4, -0.2) is 52.9 Å². The van der Waals surface area contributed by atoms with Crippen molar-refractivity contribution >= 4 is 34.4 Å². The van der Waals surface area contributed by atoms with E-state index in [1.807, 2.05) is 73.7 Å². The lowest BCUT2D eigenvalue weighted by molar-refractivity contribution is -0.120. The number of nitrogens with zero attached hydrogens (tertiary/aromatic N) is 3. The Balaban J connectivity index is 1.36. The summed E-state index contributed by atoms with van der Waals surface area (Å²) >= 11 is 0. The molecule has 190 valence electrons. The van der Waals surface area contributed by atoms with E-state index in [0.717, 1.165) is 27.7 Å². The van der Waals surface area contributed by atoms with Crippen LogP contribution in [0.4, 0.5) is 11.6 Å². The predicted molar refractivity (Wildman–Crippen MR) is 146 cm³/mol. The second kappa shape index (κ2) is 12.4. The van der Waals surface area contributed by atoms with Gasteiger partial charge in [-0.2, -0.15) is 0 Å². The topological polar surface area (TPSA) is 121 Å². The Morgan fingerprint density at radius 3 is 2.08 bits per heavy atom. The first kappa shape index (κ1) is 25.6. The zero-order valence-corrected chi connectivity index (χ0v) is 21.0. The van der Waals surface area contributed by atoms with Crippen LogP contribution in [0.5, 0.6) is 0 Å². The van der Waals surface area contributed by atoms with Gasteiger partial charge in [0.15, 0.2) is 5.82 Å². The van der Waals surface area contributed by atoms with E-state index >= 15 is 0 Å². The number of pyridine rings is 1. The normalized spacial score (nSPS) is 10.6. The van der Waals surface area contributed by atoms with Crippen LogP contribution in [0.25, 0.3) is 22.3 Å². The number of benzene rings is 2. The molecule has 2 aromatic heterocycles. The first-order valence-corrected chi connectivity index (χ1v) is 12.3. The van der Waals surface area contributed by atoms with Crippen molar-refractivity contribution in [3.05, 3.63) is 78.0 Å². The summed E-state index contributed by atoms with van der Waals surface area (Å²) in [5.74, 6) is 1.79. The molecule has 0 radical (unpaired) electrons. The highest BCUT2D eigenvalue weighted by molar-refractivity contribution is 5.81. The number of amides is 2. The summed E-state index contributed by atoms with van der Waals surface area (Å²) in [4.78, 5) is 37.6. The highest BCUT2D eigenvalue weighted by atomic mass is 16.2. The molecule has 0 bridgehead atoms. The van der Waals surface area contributed by atoms with Crippen LogP contribution in [0.2, 0.25) is 0 Å². The van der Waals surface area contributed by atoms with Crippen LogP contribution >= 0.6 is 0 Å². The van der Waals surface area contributed by atoms with Gasteiger partial charge < -0.3 is 21.3 Å². The van der Waals surface area contributed by atoms with Crippen LogP contribution in [0.15, 0.2) is 66.7 Å². The number of aromatic nitrogens is 3. The van der Waals surface area contributed by atoms with Gasteiger partial charge in [0.1, 0.15) is 11.6 Å². The van der Waals surface area contributed by atoms with Crippen molar-refractivity contribution in [1.29, 1.82) is 0 Å². The summed E-state index contributed by atoms with van der Waals surface area (Å²) in [6.45, 7) is 5.37. The van der Waals surface area contributed by atoms with Crippen molar-refractivity contribution in [3.63, 3.8) is 0 Å². The van der Waals surface area contributed by atoms with Gasteiger partial charge in [-0.1, -0.05) is 54.6 Å². The third-order valence-corrected chi connectivity index (χ3v) is 5.71. The first-order valence-electron chi connectivity index (χ1n) is 12.3. The van der Waals surface area contributed by atoms with E-state index in [-0.39, 0.29) is 18.2 Å². The van der Waals surface area contributed by atoms with Gasteiger partial charge >= 0.3 is 0 Å². The fraction of sp³-hybridized carbons (Fsp3) is 0.250. The van der Waals surface area contributed by atoms with Gasteiger partial charge in [0.2, 0.25) is 11.8 Å². The lowest BCUT2D eigenvalue weighted by Gasteiger charge is -2.16. The minimum Gasteiger partial charge on any atom is -0.368 e. The second-order valence-corrected chi connectivity index (χ2v) is 8.59. The number of carbonyl (C=O) groups excluding carboxylic acids is 2. The minimum absolute atomic E-state index is 0.0769. The van der Waals surface area contributed by atoms with Crippen LogP contribution < -0.4 is 21.3 Å². The average Bonchev–Trinajstić information content (AvgIpc) is 2.91. The molecule has 4 aromatic rings. The molecule has 4 rings (SSSR count). The summed E-state index contributed by atoms with van der Waals surface area (Å²) in [7, 11) is 0. The van der Waals surface area contributed by atoms with Crippen molar-refractivity contribution in [1.82, 2.24) is 25.6 Å². The Morgan fingerprint density at radius 2 is 1.38 bits per heavy atom. The molecule has 37 heavy (non-hydrogen) atoms. The smallest absolute Gasteiger partial charge is 0.226 e. The molecule has 2 heterocycles. The minimum atomic E-state index is -0.0886. The summed E-state index contributed by atoms with van der Waals surface area (Å²) < 4.78 is 0. The molecule has 0 atom stereocenters. The fourth-order valence-electron chi connectivity index (χ4n) is 3.81.